The molecule has 0 aromatic heterocycles. The zero-order chi connectivity index (χ0) is 24.0. The second-order valence-electron chi connectivity index (χ2n) is 7.35. The molecule has 0 spiro atoms. The Balaban J connectivity index is 1.83. The zero-order valence-corrected chi connectivity index (χ0v) is 20.8. The van der Waals surface area contributed by atoms with Crippen molar-refractivity contribution < 1.29 is 14.3 Å². The summed E-state index contributed by atoms with van der Waals surface area (Å²) < 4.78 is 12.2. The molecule has 7 heteroatoms. The van der Waals surface area contributed by atoms with Crippen LogP contribution >= 0.6 is 27.5 Å². The van der Waals surface area contributed by atoms with E-state index in [2.05, 4.69) is 47.2 Å². The van der Waals surface area contributed by atoms with Gasteiger partial charge in [-0.05, 0) is 82.4 Å². The van der Waals surface area contributed by atoms with Gasteiger partial charge in [0.1, 0.15) is 18.2 Å². The van der Waals surface area contributed by atoms with Gasteiger partial charge in [0, 0.05) is 0 Å². The first kappa shape index (κ1) is 24.4. The van der Waals surface area contributed by atoms with Crippen molar-refractivity contribution in [2.45, 2.75) is 20.5 Å². The number of hydrogen-bond donors (Lipinski definition) is 1. The number of halogens is 2. The van der Waals surface area contributed by atoms with Crippen LogP contribution in [0.5, 0.6) is 11.5 Å². The Bertz CT molecular complexity index is 1260. The molecule has 0 radical (unpaired) electrons. The Labute approximate surface area is 206 Å². The third kappa shape index (κ3) is 6.16. The normalized spacial score (nSPS) is 11.0. The number of nitrogens with zero attached hydrogens (tertiary/aromatic N) is 1. The smallest absolute Gasteiger partial charge is 0.266 e. The Kier molecular flexibility index (Phi) is 8.16. The number of amides is 1. The van der Waals surface area contributed by atoms with Crippen LogP contribution in [0.4, 0.5) is 5.69 Å². The maximum Gasteiger partial charge on any atom is 0.266 e. The van der Waals surface area contributed by atoms with Crippen LogP contribution in [-0.4, -0.2) is 13.0 Å². The second kappa shape index (κ2) is 11.0. The monoisotopic (exact) mass is 524 g/mol. The lowest BCUT2D eigenvalue weighted by Crippen LogP contribution is -2.13. The maximum atomic E-state index is 12.6. The van der Waals surface area contributed by atoms with Crippen molar-refractivity contribution in [3.8, 4) is 17.6 Å². The minimum Gasteiger partial charge on any atom is -0.493 e. The Morgan fingerprint density at radius 2 is 1.91 bits per heavy atom. The number of hydrogen-bond acceptors (Lipinski definition) is 4. The van der Waals surface area contributed by atoms with E-state index in [1.54, 1.807) is 36.4 Å². The van der Waals surface area contributed by atoms with E-state index in [9.17, 15) is 10.1 Å². The molecule has 5 nitrogen and oxygen atoms in total. The molecule has 0 saturated carbocycles. The molecule has 0 saturated heterocycles. The minimum absolute atomic E-state index is 0.0762. The van der Waals surface area contributed by atoms with E-state index in [1.165, 1.54) is 24.3 Å². The standard InChI is InChI=1S/C26H22BrClN2O3/c1-16-8-9-18(10-17(16)2)15-33-25-21(27)12-19(13-24(25)32-3)11-20(14-29)26(31)30-23-7-5-4-6-22(23)28/h4-13H,15H2,1-3H3,(H,30,31)/b20-11+. The predicted octanol–water partition coefficient (Wildman–Crippen LogP) is 6.85. The highest BCUT2D eigenvalue weighted by molar-refractivity contribution is 9.10. The summed E-state index contributed by atoms with van der Waals surface area (Å²) in [6.45, 7) is 4.50. The number of nitrogens with one attached hydrogen (secondary N) is 1. The molecule has 0 heterocycles. The molecule has 1 N–H and O–H groups in total. The van der Waals surface area contributed by atoms with Crippen molar-refractivity contribution >= 4 is 45.2 Å². The van der Waals surface area contributed by atoms with Crippen LogP contribution in [-0.2, 0) is 11.4 Å². The number of aryl methyl sites for hydroxylation is 2. The summed E-state index contributed by atoms with van der Waals surface area (Å²) >= 11 is 9.61. The van der Waals surface area contributed by atoms with Gasteiger partial charge < -0.3 is 14.8 Å². The largest absolute Gasteiger partial charge is 0.493 e. The highest BCUT2D eigenvalue weighted by Gasteiger charge is 2.15. The van der Waals surface area contributed by atoms with Crippen LogP contribution in [0.1, 0.15) is 22.3 Å². The molecule has 3 rings (SSSR count). The molecule has 0 aliphatic carbocycles. The molecular weight excluding hydrogens is 504 g/mol. The van der Waals surface area contributed by atoms with Crippen molar-refractivity contribution in [3.05, 3.63) is 91.9 Å². The van der Waals surface area contributed by atoms with Gasteiger partial charge in [0.15, 0.2) is 11.5 Å². The number of ether oxygens (including phenoxy) is 2. The van der Waals surface area contributed by atoms with Crippen molar-refractivity contribution in [2.24, 2.45) is 0 Å². The third-order valence-corrected chi connectivity index (χ3v) is 5.92. The number of methoxy groups -OCH3 is 1. The number of carbonyl (C=O) groups is 1. The van der Waals surface area contributed by atoms with Crippen molar-refractivity contribution in [1.82, 2.24) is 0 Å². The SMILES string of the molecule is COc1cc(/C=C(\C#N)C(=O)Nc2ccccc2Cl)cc(Br)c1OCc1ccc(C)c(C)c1. The molecule has 0 aliphatic rings. The number of carbonyl (C=O) groups excluding carboxylic acids is 1. The van der Waals surface area contributed by atoms with Gasteiger partial charge in [-0.25, -0.2) is 0 Å². The number of rotatable bonds is 7. The van der Waals surface area contributed by atoms with Crippen LogP contribution in [0, 0.1) is 25.2 Å². The van der Waals surface area contributed by atoms with Crippen LogP contribution in [0.15, 0.2) is 64.6 Å². The van der Waals surface area contributed by atoms with E-state index in [0.29, 0.717) is 38.9 Å². The Morgan fingerprint density at radius 1 is 1.15 bits per heavy atom. The molecule has 1 amide bonds. The molecule has 0 fully saturated rings. The first-order valence-corrected chi connectivity index (χ1v) is 11.2. The van der Waals surface area contributed by atoms with Crippen molar-refractivity contribution in [1.29, 1.82) is 5.26 Å². The lowest BCUT2D eigenvalue weighted by Gasteiger charge is -2.14. The molecule has 33 heavy (non-hydrogen) atoms. The Morgan fingerprint density at radius 3 is 2.58 bits per heavy atom. The van der Waals surface area contributed by atoms with Gasteiger partial charge in [-0.3, -0.25) is 4.79 Å². The first-order valence-electron chi connectivity index (χ1n) is 10.1. The van der Waals surface area contributed by atoms with E-state index < -0.39 is 5.91 Å². The van der Waals surface area contributed by atoms with Crippen LogP contribution in [0.2, 0.25) is 5.02 Å². The molecule has 0 bridgehead atoms. The fraction of sp³-hybridized carbons (Fsp3) is 0.154. The summed E-state index contributed by atoms with van der Waals surface area (Å²) in [6.07, 6.45) is 1.48. The number of benzene rings is 3. The van der Waals surface area contributed by atoms with Gasteiger partial charge in [-0.15, -0.1) is 0 Å². The van der Waals surface area contributed by atoms with Gasteiger partial charge in [0.2, 0.25) is 0 Å². The Hall–Kier alpha value is -3.27. The highest BCUT2D eigenvalue weighted by atomic mass is 79.9. The lowest BCUT2D eigenvalue weighted by atomic mass is 10.1. The van der Waals surface area contributed by atoms with Gasteiger partial charge >= 0.3 is 0 Å². The third-order valence-electron chi connectivity index (χ3n) is 5.00. The minimum atomic E-state index is -0.559. The fourth-order valence-corrected chi connectivity index (χ4v) is 3.84. The first-order chi connectivity index (χ1) is 15.8. The molecule has 3 aromatic carbocycles. The van der Waals surface area contributed by atoms with Gasteiger partial charge in [-0.1, -0.05) is 41.9 Å². The molecule has 0 aliphatic heterocycles. The average molecular weight is 526 g/mol. The number of anilines is 1. The molecule has 3 aromatic rings. The summed E-state index contributed by atoms with van der Waals surface area (Å²) in [5.41, 5.74) is 4.41. The zero-order valence-electron chi connectivity index (χ0n) is 18.4. The van der Waals surface area contributed by atoms with E-state index in [4.69, 9.17) is 21.1 Å². The fourth-order valence-electron chi connectivity index (χ4n) is 3.08. The van der Waals surface area contributed by atoms with Crippen LogP contribution < -0.4 is 14.8 Å². The van der Waals surface area contributed by atoms with Crippen molar-refractivity contribution in [3.63, 3.8) is 0 Å². The lowest BCUT2D eigenvalue weighted by molar-refractivity contribution is -0.112. The summed E-state index contributed by atoms with van der Waals surface area (Å²) in [4.78, 5) is 12.6. The van der Waals surface area contributed by atoms with Crippen molar-refractivity contribution in [2.75, 3.05) is 12.4 Å². The summed E-state index contributed by atoms with van der Waals surface area (Å²) in [5, 5.41) is 12.6. The summed E-state index contributed by atoms with van der Waals surface area (Å²) in [7, 11) is 1.54. The quantitative estimate of drug-likeness (QED) is 0.270. The average Bonchev–Trinajstić information content (AvgIpc) is 2.80. The molecule has 0 atom stereocenters. The van der Waals surface area contributed by atoms with E-state index in [1.807, 2.05) is 12.1 Å². The maximum absolute atomic E-state index is 12.6. The van der Waals surface area contributed by atoms with Gasteiger partial charge in [0.05, 0.1) is 22.3 Å². The summed E-state index contributed by atoms with van der Waals surface area (Å²) in [5.74, 6) is 0.450. The molecule has 0 unspecified atom stereocenters. The predicted molar refractivity (Wildman–Crippen MR) is 135 cm³/mol. The van der Waals surface area contributed by atoms with Crippen LogP contribution in [0.3, 0.4) is 0 Å². The number of nitriles is 1. The molecule has 168 valence electrons. The van der Waals surface area contributed by atoms with Crippen LogP contribution in [0.25, 0.3) is 6.08 Å². The topological polar surface area (TPSA) is 71.3 Å². The van der Waals surface area contributed by atoms with E-state index in [0.717, 1.165) is 5.56 Å². The van der Waals surface area contributed by atoms with E-state index >= 15 is 0 Å². The number of para-hydroxylation sites is 1. The highest BCUT2D eigenvalue weighted by Crippen LogP contribution is 2.38. The van der Waals surface area contributed by atoms with Gasteiger partial charge in [0.25, 0.3) is 5.91 Å². The second-order valence-corrected chi connectivity index (χ2v) is 8.61. The molecular formula is C26H22BrClN2O3. The summed E-state index contributed by atoms with van der Waals surface area (Å²) in [6, 6.07) is 18.4. The van der Waals surface area contributed by atoms with Gasteiger partial charge in [-0.2, -0.15) is 5.26 Å². The van der Waals surface area contributed by atoms with E-state index in [-0.39, 0.29) is 5.57 Å².